The summed E-state index contributed by atoms with van der Waals surface area (Å²) in [5.74, 6) is 0.875. The molecule has 1 heterocycles. The largest absolute Gasteiger partial charge is 0.498 e. The van der Waals surface area contributed by atoms with Crippen LogP contribution in [-0.2, 0) is 4.74 Å². The van der Waals surface area contributed by atoms with Crippen LogP contribution >= 0.6 is 0 Å². The zero-order valence-corrected chi connectivity index (χ0v) is 6.96. The lowest BCUT2D eigenvalue weighted by Crippen LogP contribution is -2.21. The van der Waals surface area contributed by atoms with Gasteiger partial charge in [0, 0.05) is 0 Å². The Hall–Kier alpha value is -0.460. The van der Waals surface area contributed by atoms with Crippen molar-refractivity contribution in [2.45, 2.75) is 44.6 Å². The van der Waals surface area contributed by atoms with Crippen LogP contribution in [0.25, 0.3) is 0 Å². The highest BCUT2D eigenvalue weighted by Crippen LogP contribution is 2.32. The van der Waals surface area contributed by atoms with Gasteiger partial charge in [-0.15, -0.1) is 0 Å². The predicted molar refractivity (Wildman–Crippen MR) is 45.2 cm³/mol. The van der Waals surface area contributed by atoms with Gasteiger partial charge in [-0.3, -0.25) is 0 Å². The zero-order chi connectivity index (χ0) is 7.52. The molecule has 1 saturated carbocycles. The van der Waals surface area contributed by atoms with Gasteiger partial charge in [-0.25, -0.2) is 0 Å². The van der Waals surface area contributed by atoms with Crippen LogP contribution in [0.15, 0.2) is 12.3 Å². The summed E-state index contributed by atoms with van der Waals surface area (Å²) in [5.41, 5.74) is 0. The van der Waals surface area contributed by atoms with E-state index in [0.717, 1.165) is 5.92 Å². The molecule has 2 aliphatic rings. The van der Waals surface area contributed by atoms with Crippen LogP contribution < -0.4 is 0 Å². The summed E-state index contributed by atoms with van der Waals surface area (Å²) in [6.07, 6.45) is 12.7. The van der Waals surface area contributed by atoms with Crippen molar-refractivity contribution in [3.63, 3.8) is 0 Å². The minimum Gasteiger partial charge on any atom is -0.498 e. The van der Waals surface area contributed by atoms with E-state index in [1.807, 2.05) is 6.26 Å². The minimum atomic E-state index is 0.558. The van der Waals surface area contributed by atoms with Crippen LogP contribution in [0.3, 0.4) is 0 Å². The molecule has 1 atom stereocenters. The molecule has 0 saturated heterocycles. The molecule has 1 unspecified atom stereocenters. The molecule has 11 heavy (non-hydrogen) atoms. The summed E-state index contributed by atoms with van der Waals surface area (Å²) in [7, 11) is 0. The Kier molecular flexibility index (Phi) is 2.16. The number of rotatable bonds is 1. The Labute approximate surface area is 68.4 Å². The Bertz CT molecular complexity index is 145. The van der Waals surface area contributed by atoms with Gasteiger partial charge >= 0.3 is 0 Å². The SMILES string of the molecule is C1=COC(C2CCCC2)CC1. The Morgan fingerprint density at radius 3 is 2.55 bits per heavy atom. The van der Waals surface area contributed by atoms with E-state index in [1.54, 1.807) is 0 Å². The molecule has 0 aromatic rings. The van der Waals surface area contributed by atoms with Gasteiger partial charge in [-0.05, 0) is 37.7 Å². The predicted octanol–water partition coefficient (Wildman–Crippen LogP) is 2.87. The van der Waals surface area contributed by atoms with Crippen molar-refractivity contribution in [2.24, 2.45) is 5.92 Å². The van der Waals surface area contributed by atoms with Crippen LogP contribution in [0.5, 0.6) is 0 Å². The fourth-order valence-corrected chi connectivity index (χ4v) is 2.23. The van der Waals surface area contributed by atoms with E-state index in [0.29, 0.717) is 6.10 Å². The van der Waals surface area contributed by atoms with Crippen LogP contribution in [0.4, 0.5) is 0 Å². The number of allylic oxidation sites excluding steroid dienone is 1. The topological polar surface area (TPSA) is 9.23 Å². The van der Waals surface area contributed by atoms with Crippen molar-refractivity contribution in [3.05, 3.63) is 12.3 Å². The van der Waals surface area contributed by atoms with Gasteiger partial charge in [0.2, 0.25) is 0 Å². The smallest absolute Gasteiger partial charge is 0.101 e. The molecule has 0 radical (unpaired) electrons. The monoisotopic (exact) mass is 152 g/mol. The molecule has 1 aliphatic heterocycles. The van der Waals surface area contributed by atoms with Crippen LogP contribution in [0.1, 0.15) is 38.5 Å². The average Bonchev–Trinajstić information content (AvgIpc) is 2.58. The third kappa shape index (κ3) is 1.58. The molecule has 1 aliphatic carbocycles. The van der Waals surface area contributed by atoms with Crippen molar-refractivity contribution in [2.75, 3.05) is 0 Å². The molecule has 2 rings (SSSR count). The fourth-order valence-electron chi connectivity index (χ4n) is 2.23. The maximum Gasteiger partial charge on any atom is 0.101 e. The van der Waals surface area contributed by atoms with Gasteiger partial charge in [0.1, 0.15) is 6.10 Å². The summed E-state index contributed by atoms with van der Waals surface area (Å²) in [4.78, 5) is 0. The quantitative estimate of drug-likeness (QED) is 0.561. The minimum absolute atomic E-state index is 0.558. The van der Waals surface area contributed by atoms with Crippen molar-refractivity contribution in [1.29, 1.82) is 0 Å². The summed E-state index contributed by atoms with van der Waals surface area (Å²) in [5, 5.41) is 0. The van der Waals surface area contributed by atoms with E-state index >= 15 is 0 Å². The molecule has 1 heteroatoms. The van der Waals surface area contributed by atoms with E-state index in [4.69, 9.17) is 4.74 Å². The molecule has 0 spiro atoms. The normalized spacial score (nSPS) is 32.2. The molecule has 1 fully saturated rings. The van der Waals surface area contributed by atoms with E-state index in [2.05, 4.69) is 6.08 Å². The van der Waals surface area contributed by atoms with Crippen LogP contribution in [-0.4, -0.2) is 6.10 Å². The summed E-state index contributed by atoms with van der Waals surface area (Å²) >= 11 is 0. The first-order chi connectivity index (χ1) is 5.47. The number of hydrogen-bond acceptors (Lipinski definition) is 1. The van der Waals surface area contributed by atoms with Gasteiger partial charge in [0.25, 0.3) is 0 Å². The van der Waals surface area contributed by atoms with Crippen molar-refractivity contribution in [1.82, 2.24) is 0 Å². The second-order valence-corrected chi connectivity index (χ2v) is 3.67. The molecule has 1 nitrogen and oxygen atoms in total. The summed E-state index contributed by atoms with van der Waals surface area (Å²) < 4.78 is 5.58. The van der Waals surface area contributed by atoms with Crippen LogP contribution in [0.2, 0.25) is 0 Å². The lowest BCUT2D eigenvalue weighted by molar-refractivity contribution is 0.0710. The third-order valence-corrected chi connectivity index (χ3v) is 2.89. The Morgan fingerprint density at radius 2 is 1.91 bits per heavy atom. The lowest BCUT2D eigenvalue weighted by atomic mass is 9.96. The first-order valence-corrected chi connectivity index (χ1v) is 4.77. The highest BCUT2D eigenvalue weighted by Gasteiger charge is 2.25. The molecule has 0 N–H and O–H groups in total. The van der Waals surface area contributed by atoms with Gasteiger partial charge in [-0.2, -0.15) is 0 Å². The summed E-state index contributed by atoms with van der Waals surface area (Å²) in [6, 6.07) is 0. The molecule has 0 amide bonds. The van der Waals surface area contributed by atoms with Crippen molar-refractivity contribution in [3.8, 4) is 0 Å². The fraction of sp³-hybridized carbons (Fsp3) is 0.800. The van der Waals surface area contributed by atoms with Crippen molar-refractivity contribution >= 4 is 0 Å². The van der Waals surface area contributed by atoms with E-state index in [9.17, 15) is 0 Å². The Balaban J connectivity index is 1.88. The van der Waals surface area contributed by atoms with Crippen LogP contribution in [0, 0.1) is 5.92 Å². The van der Waals surface area contributed by atoms with Gasteiger partial charge < -0.3 is 4.74 Å². The molecule has 62 valence electrons. The van der Waals surface area contributed by atoms with E-state index in [1.165, 1.54) is 38.5 Å². The first kappa shape index (κ1) is 7.20. The lowest BCUT2D eigenvalue weighted by Gasteiger charge is -2.24. The first-order valence-electron chi connectivity index (χ1n) is 4.77. The zero-order valence-electron chi connectivity index (χ0n) is 6.96. The summed E-state index contributed by atoms with van der Waals surface area (Å²) in [6.45, 7) is 0. The highest BCUT2D eigenvalue weighted by molar-refractivity contribution is 4.86. The molecule has 0 aromatic heterocycles. The second-order valence-electron chi connectivity index (χ2n) is 3.67. The van der Waals surface area contributed by atoms with Gasteiger partial charge in [-0.1, -0.05) is 12.8 Å². The standard InChI is InChI=1S/C10H16O/c1-2-6-9(5-1)10-7-3-4-8-11-10/h4,8-10H,1-3,5-7H2. The maximum atomic E-state index is 5.58. The molecule has 0 aromatic carbocycles. The molecular formula is C10H16O. The second kappa shape index (κ2) is 3.29. The number of hydrogen-bond donors (Lipinski definition) is 0. The highest BCUT2D eigenvalue weighted by atomic mass is 16.5. The average molecular weight is 152 g/mol. The third-order valence-electron chi connectivity index (χ3n) is 2.89. The van der Waals surface area contributed by atoms with Gasteiger partial charge in [0.05, 0.1) is 6.26 Å². The Morgan fingerprint density at radius 1 is 1.09 bits per heavy atom. The van der Waals surface area contributed by atoms with E-state index in [-0.39, 0.29) is 0 Å². The molecule has 0 bridgehead atoms. The van der Waals surface area contributed by atoms with Gasteiger partial charge in [0.15, 0.2) is 0 Å². The number of ether oxygens (including phenoxy) is 1. The molecular weight excluding hydrogens is 136 g/mol. The van der Waals surface area contributed by atoms with E-state index < -0.39 is 0 Å². The van der Waals surface area contributed by atoms with Crippen molar-refractivity contribution < 1.29 is 4.74 Å². The maximum absolute atomic E-state index is 5.58.